The first-order valence-corrected chi connectivity index (χ1v) is 3.10. The molecule has 0 fully saturated rings. The summed E-state index contributed by atoms with van der Waals surface area (Å²) >= 11 is 0. The van der Waals surface area contributed by atoms with Gasteiger partial charge in [0.2, 0.25) is 0 Å². The molecule has 7 heteroatoms. The fourth-order valence-corrected chi connectivity index (χ4v) is 0.722. The molecule has 0 aliphatic carbocycles. The first-order chi connectivity index (χ1) is 6.00. The normalized spacial score (nSPS) is 10.5. The van der Waals surface area contributed by atoms with Crippen molar-refractivity contribution in [2.45, 2.75) is 6.43 Å². The summed E-state index contributed by atoms with van der Waals surface area (Å²) < 4.78 is 36.3. The van der Waals surface area contributed by atoms with Gasteiger partial charge in [-0.25, -0.2) is 8.78 Å². The molecule has 0 spiro atoms. The van der Waals surface area contributed by atoms with Crippen molar-refractivity contribution in [3.63, 3.8) is 0 Å². The highest BCUT2D eigenvalue weighted by Crippen LogP contribution is 2.22. The van der Waals surface area contributed by atoms with E-state index in [9.17, 15) is 23.3 Å². The molecule has 0 atom stereocenters. The van der Waals surface area contributed by atoms with Crippen molar-refractivity contribution in [2.75, 3.05) is 0 Å². The van der Waals surface area contributed by atoms with Gasteiger partial charge in [-0.1, -0.05) is 0 Å². The van der Waals surface area contributed by atoms with E-state index in [-0.39, 0.29) is 0 Å². The number of aromatic nitrogens is 1. The predicted molar refractivity (Wildman–Crippen MR) is 35.8 cm³/mol. The van der Waals surface area contributed by atoms with Gasteiger partial charge >= 0.3 is 11.8 Å². The van der Waals surface area contributed by atoms with Gasteiger partial charge in [-0.2, -0.15) is 4.39 Å². The highest BCUT2D eigenvalue weighted by Gasteiger charge is 2.17. The Kier molecular flexibility index (Phi) is 2.45. The molecule has 0 saturated carbocycles. The Morgan fingerprint density at radius 1 is 1.46 bits per heavy atom. The zero-order chi connectivity index (χ0) is 10.0. The summed E-state index contributed by atoms with van der Waals surface area (Å²) in [7, 11) is 0. The predicted octanol–water partition coefficient (Wildman–Crippen LogP) is 2.07. The number of nitro groups is 1. The Balaban J connectivity index is 3.19. The Labute approximate surface area is 70.2 Å². The molecular formula is C6H3F3N2O2. The van der Waals surface area contributed by atoms with Crippen LogP contribution in [0.15, 0.2) is 12.1 Å². The number of pyridine rings is 1. The molecule has 0 radical (unpaired) electrons. The van der Waals surface area contributed by atoms with E-state index in [1.54, 1.807) is 0 Å². The fourth-order valence-electron chi connectivity index (χ4n) is 0.722. The highest BCUT2D eigenvalue weighted by molar-refractivity contribution is 5.26. The van der Waals surface area contributed by atoms with E-state index in [2.05, 4.69) is 4.98 Å². The molecule has 0 amide bonds. The SMILES string of the molecule is O=[N+]([O-])c1cc(C(F)F)cc(F)n1. The van der Waals surface area contributed by atoms with Crippen LogP contribution in [0.2, 0.25) is 0 Å². The van der Waals surface area contributed by atoms with Crippen molar-refractivity contribution >= 4 is 5.82 Å². The molecular weight excluding hydrogens is 189 g/mol. The molecule has 0 saturated heterocycles. The topological polar surface area (TPSA) is 56.0 Å². The zero-order valence-corrected chi connectivity index (χ0v) is 6.08. The van der Waals surface area contributed by atoms with Crippen LogP contribution >= 0.6 is 0 Å². The summed E-state index contributed by atoms with van der Waals surface area (Å²) in [6, 6.07) is 0.991. The fraction of sp³-hybridized carbons (Fsp3) is 0.167. The average molecular weight is 192 g/mol. The maximum absolute atomic E-state index is 12.4. The largest absolute Gasteiger partial charge is 0.367 e. The molecule has 1 heterocycles. The summed E-state index contributed by atoms with van der Waals surface area (Å²) in [5.74, 6) is -2.21. The summed E-state index contributed by atoms with van der Waals surface area (Å²) in [6.07, 6.45) is -2.95. The van der Waals surface area contributed by atoms with Crippen molar-refractivity contribution in [3.8, 4) is 0 Å². The monoisotopic (exact) mass is 192 g/mol. The van der Waals surface area contributed by atoms with Gasteiger partial charge in [0.25, 0.3) is 6.43 Å². The van der Waals surface area contributed by atoms with Crippen LogP contribution < -0.4 is 0 Å². The van der Waals surface area contributed by atoms with Gasteiger partial charge in [0.1, 0.15) is 0 Å². The van der Waals surface area contributed by atoms with Crippen LogP contribution in [0.5, 0.6) is 0 Å². The standard InChI is InChI=1S/C6H3F3N2O2/c7-4-1-3(6(8)9)2-5(10-4)11(12)13/h1-2,6H. The summed E-state index contributed by atoms with van der Waals surface area (Å²) in [5, 5.41) is 10.1. The zero-order valence-electron chi connectivity index (χ0n) is 6.08. The van der Waals surface area contributed by atoms with Gasteiger partial charge in [0, 0.05) is 17.7 Å². The Bertz CT molecular complexity index is 343. The molecule has 70 valence electrons. The Hall–Kier alpha value is -1.66. The van der Waals surface area contributed by atoms with E-state index in [1.165, 1.54) is 0 Å². The maximum Gasteiger partial charge on any atom is 0.367 e. The minimum atomic E-state index is -2.95. The molecule has 1 aromatic rings. The van der Waals surface area contributed by atoms with Crippen molar-refractivity contribution < 1.29 is 18.1 Å². The molecule has 1 aromatic heterocycles. The molecule has 13 heavy (non-hydrogen) atoms. The second kappa shape index (κ2) is 3.38. The number of alkyl halides is 2. The van der Waals surface area contributed by atoms with Gasteiger partial charge in [-0.3, -0.25) is 0 Å². The third-order valence-corrected chi connectivity index (χ3v) is 1.24. The first-order valence-electron chi connectivity index (χ1n) is 3.10. The van der Waals surface area contributed by atoms with E-state index in [0.29, 0.717) is 12.1 Å². The van der Waals surface area contributed by atoms with Gasteiger partial charge in [-0.15, -0.1) is 0 Å². The summed E-state index contributed by atoms with van der Waals surface area (Å²) in [5.41, 5.74) is -0.751. The third kappa shape index (κ3) is 2.14. The Morgan fingerprint density at radius 2 is 2.08 bits per heavy atom. The van der Waals surface area contributed by atoms with Gasteiger partial charge in [-0.05, 0) is 9.91 Å². The van der Waals surface area contributed by atoms with E-state index >= 15 is 0 Å². The first kappa shape index (κ1) is 9.43. The van der Waals surface area contributed by atoms with E-state index in [1.807, 2.05) is 0 Å². The van der Waals surface area contributed by atoms with Crippen molar-refractivity contribution in [3.05, 3.63) is 33.8 Å². The average Bonchev–Trinajstić information content (AvgIpc) is 2.03. The van der Waals surface area contributed by atoms with Crippen LogP contribution in [-0.2, 0) is 0 Å². The lowest BCUT2D eigenvalue weighted by Gasteiger charge is -1.97. The lowest BCUT2D eigenvalue weighted by atomic mass is 10.3. The molecule has 0 unspecified atom stereocenters. The summed E-state index contributed by atoms with van der Waals surface area (Å²) in [6.45, 7) is 0. The number of halogens is 3. The van der Waals surface area contributed by atoms with Crippen LogP contribution in [0.3, 0.4) is 0 Å². The van der Waals surface area contributed by atoms with Gasteiger partial charge in [0.05, 0.1) is 0 Å². The molecule has 1 rings (SSSR count). The lowest BCUT2D eigenvalue weighted by molar-refractivity contribution is -0.390. The van der Waals surface area contributed by atoms with Crippen molar-refractivity contribution in [2.24, 2.45) is 0 Å². The molecule has 0 N–H and O–H groups in total. The number of hydrogen-bond donors (Lipinski definition) is 0. The number of hydrogen-bond acceptors (Lipinski definition) is 3. The minimum absolute atomic E-state index is 0.456. The van der Waals surface area contributed by atoms with Crippen LogP contribution in [0.1, 0.15) is 12.0 Å². The van der Waals surface area contributed by atoms with Crippen LogP contribution in [-0.4, -0.2) is 9.91 Å². The number of nitrogens with zero attached hydrogens (tertiary/aromatic N) is 2. The van der Waals surface area contributed by atoms with Crippen molar-refractivity contribution in [1.29, 1.82) is 0 Å². The molecule has 0 bridgehead atoms. The maximum atomic E-state index is 12.4. The molecule has 4 nitrogen and oxygen atoms in total. The lowest BCUT2D eigenvalue weighted by Crippen LogP contribution is -1.97. The van der Waals surface area contributed by atoms with Gasteiger partial charge in [0.15, 0.2) is 0 Å². The molecule has 0 aliphatic heterocycles. The second-order valence-electron chi connectivity index (χ2n) is 2.14. The van der Waals surface area contributed by atoms with Crippen LogP contribution in [0.25, 0.3) is 0 Å². The third-order valence-electron chi connectivity index (χ3n) is 1.24. The van der Waals surface area contributed by atoms with Crippen LogP contribution in [0, 0.1) is 16.1 Å². The molecule has 0 aromatic carbocycles. The highest BCUT2D eigenvalue weighted by atomic mass is 19.3. The summed E-state index contributed by atoms with van der Waals surface area (Å²) in [4.78, 5) is 11.8. The van der Waals surface area contributed by atoms with E-state index in [4.69, 9.17) is 0 Å². The smallest absolute Gasteiger partial charge is 0.358 e. The second-order valence-corrected chi connectivity index (χ2v) is 2.14. The Morgan fingerprint density at radius 3 is 2.54 bits per heavy atom. The molecule has 0 aliphatic rings. The quantitative estimate of drug-likeness (QED) is 0.409. The van der Waals surface area contributed by atoms with Crippen LogP contribution in [0.4, 0.5) is 19.0 Å². The minimum Gasteiger partial charge on any atom is -0.358 e. The van der Waals surface area contributed by atoms with E-state index in [0.717, 1.165) is 0 Å². The van der Waals surface area contributed by atoms with Gasteiger partial charge < -0.3 is 10.1 Å². The van der Waals surface area contributed by atoms with E-state index < -0.39 is 28.7 Å². The van der Waals surface area contributed by atoms with Crippen molar-refractivity contribution in [1.82, 2.24) is 4.98 Å². The number of rotatable bonds is 2.